The lowest BCUT2D eigenvalue weighted by Crippen LogP contribution is -2.37. The minimum atomic E-state index is 0.0749. The molecule has 3 nitrogen and oxygen atoms in total. The van der Waals surface area contributed by atoms with E-state index in [2.05, 4.69) is 37.9 Å². The highest BCUT2D eigenvalue weighted by Gasteiger charge is 2.36. The first-order valence-electron chi connectivity index (χ1n) is 8.66. The molecule has 118 valence electrons. The predicted molar refractivity (Wildman–Crippen MR) is 85.5 cm³/mol. The Morgan fingerprint density at radius 3 is 2.45 bits per heavy atom. The van der Waals surface area contributed by atoms with Crippen molar-refractivity contribution in [1.82, 2.24) is 10.2 Å². The molecule has 0 spiro atoms. The van der Waals surface area contributed by atoms with Crippen molar-refractivity contribution in [3.8, 4) is 0 Å². The Bertz CT molecular complexity index is 278. The second kappa shape index (κ2) is 9.38. The van der Waals surface area contributed by atoms with E-state index in [4.69, 9.17) is 0 Å². The zero-order valence-electron chi connectivity index (χ0n) is 14.0. The first-order valence-corrected chi connectivity index (χ1v) is 8.66. The van der Waals surface area contributed by atoms with Crippen LogP contribution in [0.4, 0.5) is 0 Å². The van der Waals surface area contributed by atoms with Gasteiger partial charge in [-0.05, 0) is 25.2 Å². The van der Waals surface area contributed by atoms with Gasteiger partial charge in [0.15, 0.2) is 0 Å². The van der Waals surface area contributed by atoms with Crippen LogP contribution in [0.5, 0.6) is 0 Å². The van der Waals surface area contributed by atoms with E-state index in [1.165, 1.54) is 25.7 Å². The minimum absolute atomic E-state index is 0.0749. The van der Waals surface area contributed by atoms with Crippen molar-refractivity contribution in [2.75, 3.05) is 6.54 Å². The Morgan fingerprint density at radius 2 is 1.85 bits per heavy atom. The van der Waals surface area contributed by atoms with Gasteiger partial charge in [-0.25, -0.2) is 0 Å². The van der Waals surface area contributed by atoms with Crippen LogP contribution in [0, 0.1) is 5.92 Å². The van der Waals surface area contributed by atoms with Crippen LogP contribution in [0.1, 0.15) is 79.1 Å². The number of unbranched alkanes of at least 4 members (excludes halogenated alkanes) is 3. The summed E-state index contributed by atoms with van der Waals surface area (Å²) in [5, 5.41) is 3.48. The second-order valence-electron chi connectivity index (χ2n) is 6.56. The van der Waals surface area contributed by atoms with Crippen LogP contribution in [0.25, 0.3) is 0 Å². The number of hydrogen-bond donors (Lipinski definition) is 1. The first kappa shape index (κ1) is 17.5. The number of nitrogens with zero attached hydrogens (tertiary/aromatic N) is 1. The first-order chi connectivity index (χ1) is 9.60. The average molecular weight is 282 g/mol. The van der Waals surface area contributed by atoms with Gasteiger partial charge in [0, 0.05) is 6.54 Å². The molecule has 1 N–H and O–H groups in total. The maximum absolute atomic E-state index is 12.3. The lowest BCUT2D eigenvalue weighted by atomic mass is 10.0. The van der Waals surface area contributed by atoms with E-state index < -0.39 is 0 Å². The monoisotopic (exact) mass is 282 g/mol. The van der Waals surface area contributed by atoms with Crippen LogP contribution in [-0.2, 0) is 4.79 Å². The van der Waals surface area contributed by atoms with Crippen LogP contribution in [0.15, 0.2) is 0 Å². The molecule has 1 heterocycles. The summed E-state index contributed by atoms with van der Waals surface area (Å²) in [7, 11) is 0. The van der Waals surface area contributed by atoms with Gasteiger partial charge in [0.25, 0.3) is 0 Å². The molecule has 0 aromatic rings. The molecular formula is C17H34N2O. The van der Waals surface area contributed by atoms with Gasteiger partial charge in [-0.15, -0.1) is 0 Å². The number of hydrogen-bond acceptors (Lipinski definition) is 2. The summed E-state index contributed by atoms with van der Waals surface area (Å²) >= 11 is 0. The van der Waals surface area contributed by atoms with Crippen molar-refractivity contribution in [2.24, 2.45) is 5.92 Å². The zero-order valence-corrected chi connectivity index (χ0v) is 14.0. The quantitative estimate of drug-likeness (QED) is 0.616. The molecule has 0 aliphatic carbocycles. The van der Waals surface area contributed by atoms with Crippen molar-refractivity contribution >= 4 is 5.91 Å². The zero-order chi connectivity index (χ0) is 15.0. The van der Waals surface area contributed by atoms with E-state index in [9.17, 15) is 4.79 Å². The normalized spacial score (nSPS) is 23.1. The van der Waals surface area contributed by atoms with Gasteiger partial charge in [-0.2, -0.15) is 0 Å². The molecule has 1 saturated heterocycles. The number of carbonyl (C=O) groups is 1. The Labute approximate surface area is 125 Å². The molecule has 0 radical (unpaired) electrons. The fraction of sp³-hybridized carbons (Fsp3) is 0.941. The summed E-state index contributed by atoms with van der Waals surface area (Å²) in [5.41, 5.74) is 0. The Morgan fingerprint density at radius 1 is 1.15 bits per heavy atom. The van der Waals surface area contributed by atoms with Gasteiger partial charge >= 0.3 is 0 Å². The smallest absolute Gasteiger partial charge is 0.241 e. The number of rotatable bonds is 10. The third-order valence-electron chi connectivity index (χ3n) is 4.25. The Balaban J connectivity index is 2.25. The van der Waals surface area contributed by atoms with E-state index in [1.807, 2.05) is 0 Å². The maximum atomic E-state index is 12.3. The third kappa shape index (κ3) is 5.43. The van der Waals surface area contributed by atoms with Gasteiger partial charge in [0.1, 0.15) is 0 Å². The van der Waals surface area contributed by atoms with Crippen LogP contribution < -0.4 is 5.32 Å². The highest BCUT2D eigenvalue weighted by molar-refractivity contribution is 5.84. The Kier molecular flexibility index (Phi) is 8.20. The van der Waals surface area contributed by atoms with Crippen LogP contribution in [0.2, 0.25) is 0 Å². The molecule has 2 atom stereocenters. The largest absolute Gasteiger partial charge is 0.326 e. The number of nitrogens with one attached hydrogen (secondary N) is 1. The molecule has 2 unspecified atom stereocenters. The Hall–Kier alpha value is -0.570. The molecular weight excluding hydrogens is 248 g/mol. The molecule has 0 aromatic heterocycles. The lowest BCUT2D eigenvalue weighted by molar-refractivity contribution is -0.130. The molecule has 1 rings (SSSR count). The summed E-state index contributed by atoms with van der Waals surface area (Å²) < 4.78 is 0. The second-order valence-corrected chi connectivity index (χ2v) is 6.56. The number of carbonyl (C=O) groups excluding carboxylic acids is 1. The maximum Gasteiger partial charge on any atom is 0.241 e. The van der Waals surface area contributed by atoms with Crippen molar-refractivity contribution in [3.05, 3.63) is 0 Å². The molecule has 0 aromatic carbocycles. The molecule has 1 aliphatic heterocycles. The molecule has 0 bridgehead atoms. The van der Waals surface area contributed by atoms with Crippen molar-refractivity contribution in [3.63, 3.8) is 0 Å². The minimum Gasteiger partial charge on any atom is -0.326 e. The van der Waals surface area contributed by atoms with E-state index in [0.29, 0.717) is 5.91 Å². The van der Waals surface area contributed by atoms with E-state index in [0.717, 1.165) is 38.1 Å². The summed E-state index contributed by atoms with van der Waals surface area (Å²) in [4.78, 5) is 14.4. The molecule has 1 amide bonds. The topological polar surface area (TPSA) is 32.3 Å². The van der Waals surface area contributed by atoms with Crippen LogP contribution in [0.3, 0.4) is 0 Å². The summed E-state index contributed by atoms with van der Waals surface area (Å²) in [5.74, 6) is 1.15. The average Bonchev–Trinajstić information content (AvgIpc) is 2.71. The van der Waals surface area contributed by atoms with Gasteiger partial charge in [-0.1, -0.05) is 59.8 Å². The van der Waals surface area contributed by atoms with Gasteiger partial charge in [-0.3, -0.25) is 10.1 Å². The molecule has 1 aliphatic rings. The molecule has 3 heteroatoms. The van der Waals surface area contributed by atoms with E-state index >= 15 is 0 Å². The lowest BCUT2D eigenvalue weighted by Gasteiger charge is -2.23. The van der Waals surface area contributed by atoms with Crippen LogP contribution >= 0.6 is 0 Å². The van der Waals surface area contributed by atoms with Gasteiger partial charge in [0.2, 0.25) is 5.91 Å². The highest BCUT2D eigenvalue weighted by Crippen LogP contribution is 2.18. The van der Waals surface area contributed by atoms with E-state index in [-0.39, 0.29) is 12.2 Å². The molecule has 1 fully saturated rings. The van der Waals surface area contributed by atoms with Crippen molar-refractivity contribution < 1.29 is 4.79 Å². The standard InChI is InChI=1S/C17H34N2O/c1-5-11-15-17(20)19(16(6-2)18-15)13-10-8-7-9-12-14(3)4/h14-16,18H,5-13H2,1-4H3. The summed E-state index contributed by atoms with van der Waals surface area (Å²) in [6.45, 7) is 9.82. The SMILES string of the molecule is CCCC1NC(CC)N(CCCCCCC(C)C)C1=O. The van der Waals surface area contributed by atoms with Gasteiger partial charge < -0.3 is 4.90 Å². The van der Waals surface area contributed by atoms with Crippen molar-refractivity contribution in [1.29, 1.82) is 0 Å². The van der Waals surface area contributed by atoms with Gasteiger partial charge in [0.05, 0.1) is 12.2 Å². The van der Waals surface area contributed by atoms with Crippen molar-refractivity contribution in [2.45, 2.75) is 91.3 Å². The fourth-order valence-corrected chi connectivity index (χ4v) is 3.04. The number of amides is 1. The third-order valence-corrected chi connectivity index (χ3v) is 4.25. The predicted octanol–water partition coefficient (Wildman–Crippen LogP) is 3.93. The molecule has 0 saturated carbocycles. The molecule has 20 heavy (non-hydrogen) atoms. The van der Waals surface area contributed by atoms with E-state index in [1.54, 1.807) is 0 Å². The summed E-state index contributed by atoms with van der Waals surface area (Å²) in [6.07, 6.45) is 9.71. The fourth-order valence-electron chi connectivity index (χ4n) is 3.04. The summed E-state index contributed by atoms with van der Waals surface area (Å²) in [6, 6.07) is 0.0749. The van der Waals surface area contributed by atoms with Crippen LogP contribution in [-0.4, -0.2) is 29.6 Å². The highest BCUT2D eigenvalue weighted by atomic mass is 16.2.